The molecule has 1 unspecified atom stereocenters. The van der Waals surface area contributed by atoms with Crippen LogP contribution in [0.5, 0.6) is 0 Å². The summed E-state index contributed by atoms with van der Waals surface area (Å²) in [7, 11) is 0. The molecule has 0 heterocycles. The number of carboxylic acids is 1. The summed E-state index contributed by atoms with van der Waals surface area (Å²) in [6.45, 7) is 6.36. The Bertz CT molecular complexity index is 285. The maximum Gasteiger partial charge on any atom is 0.325 e. The molecular weight excluding hydrogens is 208 g/mol. The number of hydrogen-bond acceptors (Lipinski definition) is 2. The molecule has 0 aromatic carbocycles. The van der Waals surface area contributed by atoms with Gasteiger partial charge >= 0.3 is 12.0 Å². The Morgan fingerprint density at radius 2 is 1.88 bits per heavy atom. The summed E-state index contributed by atoms with van der Waals surface area (Å²) in [5, 5.41) is 13.7. The summed E-state index contributed by atoms with van der Waals surface area (Å²) < 4.78 is 0. The summed E-state index contributed by atoms with van der Waals surface area (Å²) in [6.07, 6.45) is 2.28. The zero-order chi connectivity index (χ0) is 12.3. The molecule has 5 nitrogen and oxygen atoms in total. The lowest BCUT2D eigenvalue weighted by Crippen LogP contribution is -2.46. The fraction of sp³-hybridized carbons (Fsp3) is 0.818. The quantitative estimate of drug-likeness (QED) is 0.661. The second kappa shape index (κ2) is 4.72. The monoisotopic (exact) mass is 228 g/mol. The number of nitrogens with one attached hydrogen (secondary N) is 2. The lowest BCUT2D eigenvalue weighted by molar-refractivity contribution is -0.138. The van der Waals surface area contributed by atoms with E-state index < -0.39 is 18.0 Å². The van der Waals surface area contributed by atoms with Crippen molar-refractivity contribution >= 4 is 12.0 Å². The van der Waals surface area contributed by atoms with E-state index in [1.165, 1.54) is 6.92 Å². The first-order valence-corrected chi connectivity index (χ1v) is 5.64. The number of amides is 2. The van der Waals surface area contributed by atoms with Crippen LogP contribution in [0.15, 0.2) is 0 Å². The molecule has 0 aliphatic heterocycles. The van der Waals surface area contributed by atoms with Gasteiger partial charge in [-0.15, -0.1) is 0 Å². The Hall–Kier alpha value is -1.26. The van der Waals surface area contributed by atoms with Crippen molar-refractivity contribution in [3.8, 4) is 0 Å². The third-order valence-corrected chi connectivity index (χ3v) is 3.44. The van der Waals surface area contributed by atoms with Crippen molar-refractivity contribution in [2.24, 2.45) is 11.3 Å². The second-order valence-electron chi connectivity index (χ2n) is 4.90. The Morgan fingerprint density at radius 3 is 2.25 bits per heavy atom. The molecule has 1 aliphatic carbocycles. The van der Waals surface area contributed by atoms with Crippen LogP contribution in [-0.2, 0) is 4.79 Å². The maximum atomic E-state index is 11.4. The first-order valence-electron chi connectivity index (χ1n) is 5.64. The zero-order valence-corrected chi connectivity index (χ0v) is 10.0. The number of aliphatic carboxylic acids is 1. The highest BCUT2D eigenvalue weighted by Crippen LogP contribution is 2.51. The van der Waals surface area contributed by atoms with Gasteiger partial charge in [-0.2, -0.15) is 0 Å². The number of hydrogen-bond donors (Lipinski definition) is 3. The van der Waals surface area contributed by atoms with Crippen LogP contribution < -0.4 is 10.6 Å². The van der Waals surface area contributed by atoms with Gasteiger partial charge in [0.2, 0.25) is 0 Å². The predicted octanol–water partition coefficient (Wildman–Crippen LogP) is 1.19. The van der Waals surface area contributed by atoms with Crippen molar-refractivity contribution in [2.45, 2.75) is 39.7 Å². The van der Waals surface area contributed by atoms with E-state index in [9.17, 15) is 9.59 Å². The molecule has 0 saturated heterocycles. The van der Waals surface area contributed by atoms with Gasteiger partial charge in [0.1, 0.15) is 6.04 Å². The second-order valence-corrected chi connectivity index (χ2v) is 4.90. The zero-order valence-electron chi connectivity index (χ0n) is 10.0. The Balaban J connectivity index is 2.28. The molecule has 0 aromatic rings. The van der Waals surface area contributed by atoms with E-state index >= 15 is 0 Å². The highest BCUT2D eigenvalue weighted by atomic mass is 16.4. The smallest absolute Gasteiger partial charge is 0.325 e. The van der Waals surface area contributed by atoms with Crippen molar-refractivity contribution in [3.05, 3.63) is 0 Å². The van der Waals surface area contributed by atoms with E-state index in [1.54, 1.807) is 0 Å². The molecule has 1 saturated carbocycles. The predicted molar refractivity (Wildman–Crippen MR) is 60.1 cm³/mol. The van der Waals surface area contributed by atoms with Crippen LogP contribution in [0.3, 0.4) is 0 Å². The molecule has 2 amide bonds. The van der Waals surface area contributed by atoms with E-state index in [1.807, 2.05) is 0 Å². The molecule has 1 atom stereocenters. The Kier molecular flexibility index (Phi) is 3.78. The number of carboxylic acid groups (broad SMARTS) is 1. The van der Waals surface area contributed by atoms with Crippen molar-refractivity contribution in [2.75, 3.05) is 6.54 Å². The summed E-state index contributed by atoms with van der Waals surface area (Å²) in [4.78, 5) is 21.9. The minimum absolute atomic E-state index is 0.240. The lowest BCUT2D eigenvalue weighted by atomic mass is 9.92. The van der Waals surface area contributed by atoms with E-state index in [-0.39, 0.29) is 5.41 Å². The fourth-order valence-electron chi connectivity index (χ4n) is 1.68. The van der Waals surface area contributed by atoms with Gasteiger partial charge in [0, 0.05) is 6.54 Å². The van der Waals surface area contributed by atoms with Gasteiger partial charge in [0.15, 0.2) is 0 Å². The van der Waals surface area contributed by atoms with Crippen molar-refractivity contribution in [3.63, 3.8) is 0 Å². The Labute approximate surface area is 95.6 Å². The molecule has 1 rings (SSSR count). The molecule has 92 valence electrons. The minimum Gasteiger partial charge on any atom is -0.480 e. The van der Waals surface area contributed by atoms with Crippen molar-refractivity contribution in [1.82, 2.24) is 10.6 Å². The molecule has 5 heteroatoms. The first kappa shape index (κ1) is 12.8. The van der Waals surface area contributed by atoms with E-state index in [0.29, 0.717) is 12.5 Å². The van der Waals surface area contributed by atoms with Crippen LogP contribution in [0.1, 0.15) is 33.6 Å². The largest absolute Gasteiger partial charge is 0.480 e. The van der Waals surface area contributed by atoms with Gasteiger partial charge < -0.3 is 15.7 Å². The van der Waals surface area contributed by atoms with Gasteiger partial charge in [-0.3, -0.25) is 4.79 Å². The molecule has 0 aromatic heterocycles. The molecular formula is C11H20N2O3. The fourth-order valence-corrected chi connectivity index (χ4v) is 1.68. The molecule has 0 spiro atoms. The van der Waals surface area contributed by atoms with Gasteiger partial charge in [0.25, 0.3) is 0 Å². The third kappa shape index (κ3) is 3.12. The Morgan fingerprint density at radius 1 is 1.31 bits per heavy atom. The molecule has 1 fully saturated rings. The highest BCUT2D eigenvalue weighted by molar-refractivity contribution is 5.82. The lowest BCUT2D eigenvalue weighted by Gasteiger charge is -2.20. The first-order chi connectivity index (χ1) is 7.37. The van der Waals surface area contributed by atoms with Crippen molar-refractivity contribution in [1.29, 1.82) is 0 Å². The average Bonchev–Trinajstić information content (AvgIpc) is 2.95. The van der Waals surface area contributed by atoms with Crippen LogP contribution in [0.2, 0.25) is 0 Å². The standard InChI is InChI=1S/C11H20N2O3/c1-7(2)11(4-5-11)6-12-10(16)13-8(3)9(14)15/h7-8H,4-6H2,1-3H3,(H,14,15)(H2,12,13,16). The van der Waals surface area contributed by atoms with Gasteiger partial charge in [-0.1, -0.05) is 13.8 Å². The van der Waals surface area contributed by atoms with Crippen molar-refractivity contribution < 1.29 is 14.7 Å². The van der Waals surface area contributed by atoms with Gasteiger partial charge in [-0.05, 0) is 31.1 Å². The summed E-state index contributed by atoms with van der Waals surface area (Å²) in [5.74, 6) is -0.482. The van der Waals surface area contributed by atoms with Crippen LogP contribution in [0, 0.1) is 11.3 Å². The number of carbonyl (C=O) groups is 2. The van der Waals surface area contributed by atoms with E-state index in [0.717, 1.165) is 12.8 Å². The number of rotatable bonds is 5. The molecule has 0 bridgehead atoms. The van der Waals surface area contributed by atoms with Gasteiger partial charge in [0.05, 0.1) is 0 Å². The molecule has 0 radical (unpaired) electrons. The number of carbonyl (C=O) groups excluding carboxylic acids is 1. The van der Waals surface area contributed by atoms with E-state index in [4.69, 9.17) is 5.11 Å². The maximum absolute atomic E-state index is 11.4. The average molecular weight is 228 g/mol. The summed E-state index contributed by atoms with van der Waals surface area (Å²) in [6, 6.07) is -1.25. The third-order valence-electron chi connectivity index (χ3n) is 3.44. The highest BCUT2D eigenvalue weighted by Gasteiger charge is 2.45. The molecule has 16 heavy (non-hydrogen) atoms. The SMILES string of the molecule is CC(NC(=O)NCC1(C(C)C)CC1)C(=O)O. The molecule has 3 N–H and O–H groups in total. The summed E-state index contributed by atoms with van der Waals surface area (Å²) in [5.41, 5.74) is 0.240. The minimum atomic E-state index is -1.03. The van der Waals surface area contributed by atoms with Gasteiger partial charge in [-0.25, -0.2) is 4.79 Å². The normalized spacial score (nSPS) is 19.0. The van der Waals surface area contributed by atoms with Crippen LogP contribution in [0.4, 0.5) is 4.79 Å². The molecule has 1 aliphatic rings. The van der Waals surface area contributed by atoms with Crippen LogP contribution in [0.25, 0.3) is 0 Å². The number of urea groups is 1. The van der Waals surface area contributed by atoms with E-state index in [2.05, 4.69) is 24.5 Å². The summed E-state index contributed by atoms with van der Waals surface area (Å²) >= 11 is 0. The van der Waals surface area contributed by atoms with Crippen LogP contribution in [-0.4, -0.2) is 29.7 Å². The topological polar surface area (TPSA) is 78.4 Å². The van der Waals surface area contributed by atoms with Crippen LogP contribution >= 0.6 is 0 Å².